The van der Waals surface area contributed by atoms with Gasteiger partial charge in [0.05, 0.1) is 31.5 Å². The first-order valence-corrected chi connectivity index (χ1v) is 6.71. The standard InChI is InChI=1S/C13H26N2O4/c1-10-5-15(6-11(2)19-10)13(17)8-14(3)7-12(16)9-18-4/h10-12,16H,5-9H2,1-4H3. The number of hydrogen-bond donors (Lipinski definition) is 1. The largest absolute Gasteiger partial charge is 0.389 e. The van der Waals surface area contributed by atoms with Gasteiger partial charge in [0, 0.05) is 26.7 Å². The summed E-state index contributed by atoms with van der Waals surface area (Å²) in [6.45, 7) is 6.23. The molecule has 0 saturated carbocycles. The van der Waals surface area contributed by atoms with E-state index < -0.39 is 6.10 Å². The Morgan fingerprint density at radius 2 is 2.05 bits per heavy atom. The summed E-state index contributed by atoms with van der Waals surface area (Å²) in [5.74, 6) is 0.0779. The molecule has 0 spiro atoms. The molecule has 1 fully saturated rings. The van der Waals surface area contributed by atoms with E-state index in [1.807, 2.05) is 30.7 Å². The zero-order valence-electron chi connectivity index (χ0n) is 12.3. The van der Waals surface area contributed by atoms with Gasteiger partial charge in [-0.25, -0.2) is 0 Å². The summed E-state index contributed by atoms with van der Waals surface area (Å²) in [4.78, 5) is 15.8. The van der Waals surface area contributed by atoms with Crippen LogP contribution in [0.2, 0.25) is 0 Å². The highest BCUT2D eigenvalue weighted by atomic mass is 16.5. The fourth-order valence-electron chi connectivity index (χ4n) is 2.38. The quantitative estimate of drug-likeness (QED) is 0.711. The molecule has 1 rings (SSSR count). The molecule has 0 aromatic rings. The maximum atomic E-state index is 12.2. The minimum Gasteiger partial charge on any atom is -0.389 e. The molecule has 0 aromatic heterocycles. The van der Waals surface area contributed by atoms with Crippen molar-refractivity contribution in [3.63, 3.8) is 0 Å². The number of morpholine rings is 1. The van der Waals surface area contributed by atoms with E-state index in [9.17, 15) is 9.90 Å². The first kappa shape index (κ1) is 16.4. The number of likely N-dealkylation sites (N-methyl/N-ethyl adjacent to an activating group) is 1. The van der Waals surface area contributed by atoms with E-state index in [4.69, 9.17) is 9.47 Å². The minimum absolute atomic E-state index is 0.0779. The summed E-state index contributed by atoms with van der Waals surface area (Å²) in [7, 11) is 3.37. The van der Waals surface area contributed by atoms with Gasteiger partial charge in [0.25, 0.3) is 0 Å². The zero-order valence-corrected chi connectivity index (χ0v) is 12.3. The maximum absolute atomic E-state index is 12.2. The van der Waals surface area contributed by atoms with Crippen molar-refractivity contribution < 1.29 is 19.4 Å². The van der Waals surface area contributed by atoms with E-state index >= 15 is 0 Å². The molecule has 1 aliphatic heterocycles. The molecular weight excluding hydrogens is 248 g/mol. The monoisotopic (exact) mass is 274 g/mol. The number of methoxy groups -OCH3 is 1. The van der Waals surface area contributed by atoms with Crippen LogP contribution in [0.1, 0.15) is 13.8 Å². The van der Waals surface area contributed by atoms with Crippen molar-refractivity contribution >= 4 is 5.91 Å². The van der Waals surface area contributed by atoms with Crippen LogP contribution in [0, 0.1) is 0 Å². The van der Waals surface area contributed by atoms with Crippen LogP contribution in [-0.2, 0) is 14.3 Å². The van der Waals surface area contributed by atoms with Gasteiger partial charge in [0.15, 0.2) is 0 Å². The summed E-state index contributed by atoms with van der Waals surface area (Å²) in [5.41, 5.74) is 0. The van der Waals surface area contributed by atoms with Crippen LogP contribution in [0.25, 0.3) is 0 Å². The van der Waals surface area contributed by atoms with Crippen LogP contribution < -0.4 is 0 Å². The molecule has 3 atom stereocenters. The van der Waals surface area contributed by atoms with Gasteiger partial charge in [-0.15, -0.1) is 0 Å². The molecule has 3 unspecified atom stereocenters. The fraction of sp³-hybridized carbons (Fsp3) is 0.923. The first-order valence-electron chi connectivity index (χ1n) is 6.71. The lowest BCUT2D eigenvalue weighted by molar-refractivity contribution is -0.144. The molecule has 1 heterocycles. The third-order valence-electron chi connectivity index (χ3n) is 3.06. The smallest absolute Gasteiger partial charge is 0.236 e. The summed E-state index contributed by atoms with van der Waals surface area (Å²) in [6, 6.07) is 0. The van der Waals surface area contributed by atoms with Gasteiger partial charge in [0.2, 0.25) is 5.91 Å². The number of ether oxygens (including phenoxy) is 2. The van der Waals surface area contributed by atoms with Crippen molar-refractivity contribution in [1.82, 2.24) is 9.80 Å². The second kappa shape index (κ2) is 7.79. The molecule has 112 valence electrons. The predicted octanol–water partition coefficient (Wildman–Crippen LogP) is -0.439. The van der Waals surface area contributed by atoms with Gasteiger partial charge in [-0.2, -0.15) is 0 Å². The van der Waals surface area contributed by atoms with Crippen LogP contribution in [-0.4, -0.2) is 86.1 Å². The number of nitrogens with zero attached hydrogens (tertiary/aromatic N) is 2. The van der Waals surface area contributed by atoms with E-state index in [0.717, 1.165) is 0 Å². The van der Waals surface area contributed by atoms with Gasteiger partial charge in [-0.1, -0.05) is 0 Å². The van der Waals surface area contributed by atoms with Crippen LogP contribution in [0.15, 0.2) is 0 Å². The lowest BCUT2D eigenvalue weighted by atomic mass is 10.2. The molecule has 0 aromatic carbocycles. The average Bonchev–Trinajstić information content (AvgIpc) is 2.27. The summed E-state index contributed by atoms with van der Waals surface area (Å²) in [6.07, 6.45) is -0.403. The lowest BCUT2D eigenvalue weighted by Gasteiger charge is -2.36. The molecule has 19 heavy (non-hydrogen) atoms. The molecule has 1 N–H and O–H groups in total. The zero-order chi connectivity index (χ0) is 14.4. The molecule has 0 bridgehead atoms. The Bertz CT molecular complexity index is 278. The average molecular weight is 274 g/mol. The highest BCUT2D eigenvalue weighted by molar-refractivity contribution is 5.78. The molecule has 1 aliphatic rings. The minimum atomic E-state index is -0.565. The second-order valence-corrected chi connectivity index (χ2v) is 5.36. The number of carbonyl (C=O) groups excluding carboxylic acids is 1. The number of aliphatic hydroxyl groups is 1. The number of amides is 1. The van der Waals surface area contributed by atoms with E-state index in [2.05, 4.69) is 0 Å². The Balaban J connectivity index is 2.37. The SMILES string of the molecule is COCC(O)CN(C)CC(=O)N1CC(C)OC(C)C1. The number of aliphatic hydroxyl groups excluding tert-OH is 1. The number of rotatable bonds is 6. The predicted molar refractivity (Wildman–Crippen MR) is 72.0 cm³/mol. The summed E-state index contributed by atoms with van der Waals surface area (Å²) < 4.78 is 10.5. The Morgan fingerprint density at radius 3 is 2.58 bits per heavy atom. The van der Waals surface area contributed by atoms with E-state index in [1.165, 1.54) is 0 Å². The molecule has 0 radical (unpaired) electrons. The Morgan fingerprint density at radius 1 is 1.47 bits per heavy atom. The van der Waals surface area contributed by atoms with Gasteiger partial charge in [-0.3, -0.25) is 9.69 Å². The number of carbonyl (C=O) groups is 1. The van der Waals surface area contributed by atoms with Crippen molar-refractivity contribution in [3.8, 4) is 0 Å². The summed E-state index contributed by atoms with van der Waals surface area (Å²) in [5, 5.41) is 9.62. The molecule has 0 aliphatic carbocycles. The Hall–Kier alpha value is -0.690. The van der Waals surface area contributed by atoms with Gasteiger partial charge in [0.1, 0.15) is 0 Å². The third kappa shape index (κ3) is 5.86. The normalized spacial score (nSPS) is 25.7. The van der Waals surface area contributed by atoms with Gasteiger partial charge < -0.3 is 19.5 Å². The van der Waals surface area contributed by atoms with Crippen LogP contribution >= 0.6 is 0 Å². The van der Waals surface area contributed by atoms with Crippen molar-refractivity contribution in [3.05, 3.63) is 0 Å². The first-order chi connectivity index (χ1) is 8.92. The van der Waals surface area contributed by atoms with Crippen molar-refractivity contribution in [2.75, 3.05) is 46.9 Å². The van der Waals surface area contributed by atoms with Gasteiger partial charge >= 0.3 is 0 Å². The highest BCUT2D eigenvalue weighted by Crippen LogP contribution is 2.11. The van der Waals surface area contributed by atoms with Gasteiger partial charge in [-0.05, 0) is 20.9 Å². The molecule has 1 saturated heterocycles. The molecular formula is C13H26N2O4. The molecule has 6 nitrogen and oxygen atoms in total. The van der Waals surface area contributed by atoms with E-state index in [1.54, 1.807) is 7.11 Å². The van der Waals surface area contributed by atoms with E-state index in [-0.39, 0.29) is 24.7 Å². The fourth-order valence-corrected chi connectivity index (χ4v) is 2.38. The Labute approximate surface area is 115 Å². The molecule has 6 heteroatoms. The van der Waals surface area contributed by atoms with Crippen molar-refractivity contribution in [1.29, 1.82) is 0 Å². The van der Waals surface area contributed by atoms with Crippen LogP contribution in [0.3, 0.4) is 0 Å². The topological polar surface area (TPSA) is 62.2 Å². The molecule has 1 amide bonds. The number of hydrogen-bond acceptors (Lipinski definition) is 5. The maximum Gasteiger partial charge on any atom is 0.236 e. The summed E-state index contributed by atoms with van der Waals surface area (Å²) >= 11 is 0. The Kier molecular flexibility index (Phi) is 6.71. The lowest BCUT2D eigenvalue weighted by Crippen LogP contribution is -2.51. The van der Waals surface area contributed by atoms with Crippen molar-refractivity contribution in [2.24, 2.45) is 0 Å². The van der Waals surface area contributed by atoms with Crippen molar-refractivity contribution in [2.45, 2.75) is 32.2 Å². The van der Waals surface area contributed by atoms with Crippen LogP contribution in [0.5, 0.6) is 0 Å². The highest BCUT2D eigenvalue weighted by Gasteiger charge is 2.26. The van der Waals surface area contributed by atoms with Crippen LogP contribution in [0.4, 0.5) is 0 Å². The van der Waals surface area contributed by atoms with E-state index in [0.29, 0.717) is 26.2 Å². The third-order valence-corrected chi connectivity index (χ3v) is 3.06. The second-order valence-electron chi connectivity index (χ2n) is 5.36.